The first-order chi connectivity index (χ1) is 9.40. The number of aryl methyl sites for hydroxylation is 1. The summed E-state index contributed by atoms with van der Waals surface area (Å²) in [5.41, 5.74) is 5.92. The zero-order valence-electron chi connectivity index (χ0n) is 10.6. The van der Waals surface area contributed by atoms with Gasteiger partial charge in [0.2, 0.25) is 5.91 Å². The van der Waals surface area contributed by atoms with E-state index in [9.17, 15) is 13.6 Å². The molecule has 0 saturated heterocycles. The number of primary amides is 1. The van der Waals surface area contributed by atoms with Crippen LogP contribution >= 0.6 is 11.6 Å². The molecule has 0 bridgehead atoms. The van der Waals surface area contributed by atoms with Gasteiger partial charge in [-0.1, -0.05) is 17.7 Å². The van der Waals surface area contributed by atoms with Crippen molar-refractivity contribution < 1.29 is 13.6 Å². The summed E-state index contributed by atoms with van der Waals surface area (Å²) in [6.07, 6.45) is 1.09. The van der Waals surface area contributed by atoms with Crippen LogP contribution in [0.5, 0.6) is 0 Å². The lowest BCUT2D eigenvalue weighted by Crippen LogP contribution is -2.26. The molecule has 0 aliphatic carbocycles. The fourth-order valence-electron chi connectivity index (χ4n) is 2.05. The molecule has 4 nitrogen and oxygen atoms in total. The number of aromatic nitrogens is 2. The first-order valence-corrected chi connectivity index (χ1v) is 6.18. The highest BCUT2D eigenvalue weighted by atomic mass is 35.5. The minimum absolute atomic E-state index is 0.0743. The largest absolute Gasteiger partial charge is 0.369 e. The van der Waals surface area contributed by atoms with Crippen molar-refractivity contribution in [1.29, 1.82) is 0 Å². The van der Waals surface area contributed by atoms with Gasteiger partial charge in [0.15, 0.2) is 5.82 Å². The fraction of sp³-hybridized carbons (Fsp3) is 0.231. The van der Waals surface area contributed by atoms with E-state index in [2.05, 4.69) is 5.10 Å². The van der Waals surface area contributed by atoms with Crippen LogP contribution in [0.3, 0.4) is 0 Å². The molecule has 20 heavy (non-hydrogen) atoms. The van der Waals surface area contributed by atoms with Gasteiger partial charge < -0.3 is 5.73 Å². The number of rotatable bonds is 4. The van der Waals surface area contributed by atoms with E-state index >= 15 is 0 Å². The van der Waals surface area contributed by atoms with Crippen LogP contribution in [0.2, 0.25) is 5.02 Å². The van der Waals surface area contributed by atoms with E-state index in [0.717, 1.165) is 12.3 Å². The van der Waals surface area contributed by atoms with E-state index in [0.29, 0.717) is 5.56 Å². The Morgan fingerprint density at radius 2 is 2.20 bits per heavy atom. The maximum atomic E-state index is 13.7. The molecule has 0 spiro atoms. The number of nitrogens with zero attached hydrogens (tertiary/aromatic N) is 2. The second-order valence-electron chi connectivity index (χ2n) is 4.40. The molecule has 2 aromatic rings. The Morgan fingerprint density at radius 1 is 1.50 bits per heavy atom. The predicted octanol–water partition coefficient (Wildman–Crippen LogP) is 2.16. The summed E-state index contributed by atoms with van der Waals surface area (Å²) in [4.78, 5) is 11.6. The quantitative estimate of drug-likeness (QED) is 0.940. The zero-order valence-corrected chi connectivity index (χ0v) is 11.4. The lowest BCUT2D eigenvalue weighted by Gasteiger charge is -2.15. The Labute approximate surface area is 119 Å². The third kappa shape index (κ3) is 2.80. The van der Waals surface area contributed by atoms with Gasteiger partial charge in [-0.25, -0.2) is 8.78 Å². The predicted molar refractivity (Wildman–Crippen MR) is 70.2 cm³/mol. The van der Waals surface area contributed by atoms with Crippen molar-refractivity contribution in [3.05, 3.63) is 52.3 Å². The van der Waals surface area contributed by atoms with Crippen LogP contribution in [0, 0.1) is 11.6 Å². The van der Waals surface area contributed by atoms with Crippen molar-refractivity contribution in [2.45, 2.75) is 12.3 Å². The van der Waals surface area contributed by atoms with Crippen LogP contribution in [-0.2, 0) is 18.3 Å². The molecule has 106 valence electrons. The maximum absolute atomic E-state index is 13.7. The number of halogens is 3. The van der Waals surface area contributed by atoms with Crippen LogP contribution in [-0.4, -0.2) is 15.7 Å². The van der Waals surface area contributed by atoms with Crippen molar-refractivity contribution in [2.75, 3.05) is 0 Å². The van der Waals surface area contributed by atoms with Crippen molar-refractivity contribution >= 4 is 17.5 Å². The summed E-state index contributed by atoms with van der Waals surface area (Å²) in [5.74, 6) is -2.73. The van der Waals surface area contributed by atoms with Gasteiger partial charge in [0.25, 0.3) is 0 Å². The molecule has 1 heterocycles. The number of nitrogens with two attached hydrogens (primary N) is 1. The summed E-state index contributed by atoms with van der Waals surface area (Å²) in [6.45, 7) is 0. The fourth-order valence-corrected chi connectivity index (χ4v) is 2.30. The van der Waals surface area contributed by atoms with E-state index in [1.807, 2.05) is 0 Å². The van der Waals surface area contributed by atoms with Gasteiger partial charge in [0, 0.05) is 12.1 Å². The van der Waals surface area contributed by atoms with Gasteiger partial charge in [-0.3, -0.25) is 9.48 Å². The normalized spacial score (nSPS) is 12.4. The molecule has 1 aromatic heterocycles. The molecule has 1 amide bonds. The number of hydrogen-bond acceptors (Lipinski definition) is 2. The van der Waals surface area contributed by atoms with E-state index in [4.69, 9.17) is 17.3 Å². The van der Waals surface area contributed by atoms with Gasteiger partial charge in [-0.05, 0) is 24.1 Å². The lowest BCUT2D eigenvalue weighted by atomic mass is 9.95. The summed E-state index contributed by atoms with van der Waals surface area (Å²) in [7, 11) is 1.51. The Kier molecular flexibility index (Phi) is 4.04. The monoisotopic (exact) mass is 299 g/mol. The summed E-state index contributed by atoms with van der Waals surface area (Å²) < 4.78 is 28.0. The second-order valence-corrected chi connectivity index (χ2v) is 4.80. The van der Waals surface area contributed by atoms with Gasteiger partial charge in [-0.2, -0.15) is 5.10 Å². The average Bonchev–Trinajstić information content (AvgIpc) is 2.68. The Bertz CT molecular complexity index is 638. The third-order valence-electron chi connectivity index (χ3n) is 3.05. The maximum Gasteiger partial charge on any atom is 0.227 e. The molecule has 2 rings (SSSR count). The highest BCUT2D eigenvalue weighted by Gasteiger charge is 2.26. The molecule has 0 radical (unpaired) electrons. The number of carbonyl (C=O) groups is 1. The zero-order chi connectivity index (χ0) is 14.9. The SMILES string of the molecule is Cn1ncc(F)c1C(Cc1ccc(F)cc1Cl)C(N)=O. The van der Waals surface area contributed by atoms with E-state index in [-0.39, 0.29) is 17.1 Å². The van der Waals surface area contributed by atoms with Crippen LogP contribution in [0.15, 0.2) is 24.4 Å². The van der Waals surface area contributed by atoms with Crippen LogP contribution in [0.4, 0.5) is 8.78 Å². The highest BCUT2D eigenvalue weighted by Crippen LogP contribution is 2.27. The lowest BCUT2D eigenvalue weighted by molar-refractivity contribution is -0.119. The molecule has 0 aliphatic rings. The van der Waals surface area contributed by atoms with Crippen LogP contribution < -0.4 is 5.73 Å². The summed E-state index contributed by atoms with van der Waals surface area (Å²) in [5, 5.41) is 3.90. The minimum Gasteiger partial charge on any atom is -0.369 e. The van der Waals surface area contributed by atoms with Gasteiger partial charge in [0.1, 0.15) is 5.82 Å². The number of carbonyl (C=O) groups excluding carboxylic acids is 1. The second kappa shape index (κ2) is 5.58. The summed E-state index contributed by atoms with van der Waals surface area (Å²) in [6, 6.07) is 3.80. The molecular formula is C13H12ClF2N3O. The van der Waals surface area contributed by atoms with Crippen molar-refractivity contribution in [2.24, 2.45) is 12.8 Å². The molecule has 2 N–H and O–H groups in total. The molecule has 0 fully saturated rings. The molecule has 1 atom stereocenters. The topological polar surface area (TPSA) is 60.9 Å². The van der Waals surface area contributed by atoms with Crippen LogP contribution in [0.25, 0.3) is 0 Å². The first-order valence-electron chi connectivity index (χ1n) is 5.80. The van der Waals surface area contributed by atoms with Crippen molar-refractivity contribution in [3.63, 3.8) is 0 Å². The molecular weight excluding hydrogens is 288 g/mol. The molecule has 0 saturated carbocycles. The van der Waals surface area contributed by atoms with Gasteiger partial charge in [0.05, 0.1) is 17.8 Å². The molecule has 0 aliphatic heterocycles. The Balaban J connectivity index is 2.38. The van der Waals surface area contributed by atoms with E-state index < -0.39 is 23.5 Å². The standard InChI is InChI=1S/C13H12ClF2N3O/c1-19-12(11(16)6-18-19)9(13(17)20)4-7-2-3-8(15)5-10(7)14/h2-3,5-6,9H,4H2,1H3,(H2,17,20). The molecule has 1 unspecified atom stereocenters. The highest BCUT2D eigenvalue weighted by molar-refractivity contribution is 6.31. The average molecular weight is 300 g/mol. The minimum atomic E-state index is -0.925. The first kappa shape index (κ1) is 14.5. The third-order valence-corrected chi connectivity index (χ3v) is 3.40. The summed E-state index contributed by atoms with van der Waals surface area (Å²) >= 11 is 5.91. The smallest absolute Gasteiger partial charge is 0.227 e. The molecule has 7 heteroatoms. The van der Waals surface area contributed by atoms with E-state index in [1.165, 1.54) is 23.9 Å². The van der Waals surface area contributed by atoms with Crippen molar-refractivity contribution in [3.8, 4) is 0 Å². The van der Waals surface area contributed by atoms with E-state index in [1.54, 1.807) is 0 Å². The number of benzene rings is 1. The number of amides is 1. The molecule has 1 aromatic carbocycles. The van der Waals surface area contributed by atoms with Crippen LogP contribution in [0.1, 0.15) is 17.2 Å². The Hall–Kier alpha value is -1.95. The van der Waals surface area contributed by atoms with Gasteiger partial charge in [-0.15, -0.1) is 0 Å². The Morgan fingerprint density at radius 3 is 2.70 bits per heavy atom. The van der Waals surface area contributed by atoms with Gasteiger partial charge >= 0.3 is 0 Å². The number of hydrogen-bond donors (Lipinski definition) is 1. The van der Waals surface area contributed by atoms with Crippen molar-refractivity contribution in [1.82, 2.24) is 9.78 Å².